The zero-order valence-electron chi connectivity index (χ0n) is 11.1. The molecule has 0 saturated carbocycles. The molecule has 0 spiro atoms. The molecule has 110 valence electrons. The van der Waals surface area contributed by atoms with Crippen LogP contribution in [-0.4, -0.2) is 21.9 Å². The van der Waals surface area contributed by atoms with Gasteiger partial charge in [-0.05, 0) is 41.1 Å². The Labute approximate surface area is 137 Å². The van der Waals surface area contributed by atoms with Crippen LogP contribution < -0.4 is 10.1 Å². The number of aromatic nitrogens is 2. The lowest BCUT2D eigenvalue weighted by molar-refractivity contribution is -0.386. The van der Waals surface area contributed by atoms with Gasteiger partial charge in [0.2, 0.25) is 5.95 Å². The number of rotatable bonds is 4. The van der Waals surface area contributed by atoms with Crippen LogP contribution in [0.5, 0.6) is 11.6 Å². The molecule has 2 aromatic rings. The van der Waals surface area contributed by atoms with Crippen LogP contribution in [0.3, 0.4) is 0 Å². The maximum atomic E-state index is 11.2. The Bertz CT molecular complexity index is 709. The van der Waals surface area contributed by atoms with Crippen LogP contribution in [-0.2, 0) is 0 Å². The Morgan fingerprint density at radius 1 is 1.33 bits per heavy atom. The lowest BCUT2D eigenvalue weighted by Gasteiger charge is -2.10. The van der Waals surface area contributed by atoms with Gasteiger partial charge in [0, 0.05) is 11.5 Å². The normalized spacial score (nSPS) is 10.3. The van der Waals surface area contributed by atoms with Crippen molar-refractivity contribution in [2.75, 3.05) is 12.4 Å². The number of nitrogens with one attached hydrogen (secondary N) is 1. The second-order valence-corrected chi connectivity index (χ2v) is 5.74. The van der Waals surface area contributed by atoms with Crippen molar-refractivity contribution < 1.29 is 9.66 Å². The number of anilines is 1. The molecule has 1 aromatic heterocycles. The molecule has 21 heavy (non-hydrogen) atoms. The molecule has 0 amide bonds. The van der Waals surface area contributed by atoms with Crippen molar-refractivity contribution in [3.05, 3.63) is 43.0 Å². The number of aryl methyl sites for hydroxylation is 1. The van der Waals surface area contributed by atoms with E-state index in [9.17, 15) is 10.1 Å². The van der Waals surface area contributed by atoms with Gasteiger partial charge in [-0.2, -0.15) is 4.98 Å². The van der Waals surface area contributed by atoms with Gasteiger partial charge in [0.15, 0.2) is 0 Å². The summed E-state index contributed by atoms with van der Waals surface area (Å²) in [6.45, 7) is 1.53. The molecule has 0 aliphatic carbocycles. The van der Waals surface area contributed by atoms with E-state index in [1.807, 2.05) is 0 Å². The zero-order chi connectivity index (χ0) is 15.6. The molecule has 0 bridgehead atoms. The van der Waals surface area contributed by atoms with E-state index in [0.29, 0.717) is 10.2 Å². The summed E-state index contributed by atoms with van der Waals surface area (Å²) in [7, 11) is 1.62. The van der Waals surface area contributed by atoms with Crippen LogP contribution in [0, 0.1) is 17.0 Å². The minimum atomic E-state index is -0.559. The fourth-order valence-electron chi connectivity index (χ4n) is 1.60. The quantitative estimate of drug-likeness (QED) is 0.596. The highest BCUT2D eigenvalue weighted by molar-refractivity contribution is 9.11. The van der Waals surface area contributed by atoms with E-state index in [1.54, 1.807) is 25.2 Å². The number of nitrogens with zero attached hydrogens (tertiary/aromatic N) is 3. The van der Waals surface area contributed by atoms with Gasteiger partial charge in [-0.3, -0.25) is 10.1 Å². The van der Waals surface area contributed by atoms with Gasteiger partial charge in [-0.15, -0.1) is 0 Å². The Morgan fingerprint density at radius 2 is 2.05 bits per heavy atom. The highest BCUT2D eigenvalue weighted by Gasteiger charge is 2.24. The maximum Gasteiger partial charge on any atom is 0.352 e. The summed E-state index contributed by atoms with van der Waals surface area (Å²) >= 11 is 6.66. The molecule has 0 aliphatic heterocycles. The van der Waals surface area contributed by atoms with Crippen molar-refractivity contribution in [1.29, 1.82) is 0 Å². The molecule has 1 heterocycles. The van der Waals surface area contributed by atoms with Crippen molar-refractivity contribution in [1.82, 2.24) is 9.97 Å². The third-order valence-electron chi connectivity index (χ3n) is 2.53. The largest absolute Gasteiger partial charge is 0.432 e. The second-order valence-electron chi connectivity index (χ2n) is 3.97. The van der Waals surface area contributed by atoms with Crippen LogP contribution in [0.15, 0.2) is 27.1 Å². The third kappa shape index (κ3) is 3.48. The summed E-state index contributed by atoms with van der Waals surface area (Å²) in [5.74, 6) is 0.558. The fourth-order valence-corrected chi connectivity index (χ4v) is 2.72. The Hall–Kier alpha value is -1.74. The Balaban J connectivity index is 2.51. The Kier molecular flexibility index (Phi) is 4.73. The lowest BCUT2D eigenvalue weighted by atomic mass is 10.3. The monoisotopic (exact) mass is 416 g/mol. The predicted molar refractivity (Wildman–Crippen MR) is 84.9 cm³/mol. The van der Waals surface area contributed by atoms with E-state index in [0.717, 1.165) is 4.47 Å². The van der Waals surface area contributed by atoms with E-state index in [4.69, 9.17) is 4.74 Å². The molecule has 0 unspecified atom stereocenters. The van der Waals surface area contributed by atoms with Crippen LogP contribution in [0.1, 0.15) is 5.69 Å². The average molecular weight is 418 g/mol. The van der Waals surface area contributed by atoms with Gasteiger partial charge in [0.1, 0.15) is 11.4 Å². The number of ether oxygens (including phenoxy) is 1. The summed E-state index contributed by atoms with van der Waals surface area (Å²) in [6, 6.07) is 5.21. The minimum Gasteiger partial charge on any atom is -0.432 e. The first-order valence-corrected chi connectivity index (χ1v) is 7.34. The zero-order valence-corrected chi connectivity index (χ0v) is 14.2. The molecule has 1 aromatic carbocycles. The summed E-state index contributed by atoms with van der Waals surface area (Å²) in [6.07, 6.45) is 0. The smallest absolute Gasteiger partial charge is 0.352 e. The highest BCUT2D eigenvalue weighted by Crippen LogP contribution is 2.36. The van der Waals surface area contributed by atoms with E-state index in [-0.39, 0.29) is 23.2 Å². The molecule has 0 saturated heterocycles. The number of hydrogen-bond acceptors (Lipinski definition) is 6. The van der Waals surface area contributed by atoms with Gasteiger partial charge in [-0.25, -0.2) is 4.98 Å². The van der Waals surface area contributed by atoms with E-state index in [1.165, 1.54) is 6.92 Å². The van der Waals surface area contributed by atoms with Crippen molar-refractivity contribution >= 4 is 43.5 Å². The van der Waals surface area contributed by atoms with Gasteiger partial charge in [-0.1, -0.05) is 15.9 Å². The van der Waals surface area contributed by atoms with Crippen LogP contribution in [0.2, 0.25) is 0 Å². The molecule has 7 nitrogen and oxygen atoms in total. The second kappa shape index (κ2) is 6.35. The summed E-state index contributed by atoms with van der Waals surface area (Å²) in [4.78, 5) is 18.6. The Morgan fingerprint density at radius 3 is 2.62 bits per heavy atom. The molecule has 9 heteroatoms. The molecule has 1 N–H and O–H groups in total. The average Bonchev–Trinajstić information content (AvgIpc) is 2.40. The summed E-state index contributed by atoms with van der Waals surface area (Å²) < 4.78 is 7.08. The predicted octanol–water partition coefficient (Wildman–Crippen LogP) is 4.05. The van der Waals surface area contributed by atoms with Crippen LogP contribution in [0.25, 0.3) is 0 Å². The first-order chi connectivity index (χ1) is 9.92. The number of hydrogen-bond donors (Lipinski definition) is 1. The van der Waals surface area contributed by atoms with Gasteiger partial charge in [0.05, 0.1) is 9.40 Å². The molecule has 0 radical (unpaired) electrons. The highest BCUT2D eigenvalue weighted by atomic mass is 79.9. The van der Waals surface area contributed by atoms with Crippen molar-refractivity contribution in [3.63, 3.8) is 0 Å². The topological polar surface area (TPSA) is 90.2 Å². The molecular weight excluding hydrogens is 408 g/mol. The van der Waals surface area contributed by atoms with Crippen molar-refractivity contribution in [2.45, 2.75) is 6.92 Å². The van der Waals surface area contributed by atoms with Gasteiger partial charge >= 0.3 is 11.6 Å². The molecule has 0 fully saturated rings. The number of benzene rings is 1. The number of halogens is 2. The summed E-state index contributed by atoms with van der Waals surface area (Å²) in [5.41, 5.74) is -0.0357. The van der Waals surface area contributed by atoms with E-state index in [2.05, 4.69) is 47.1 Å². The fraction of sp³-hybridized carbons (Fsp3) is 0.167. The van der Waals surface area contributed by atoms with E-state index < -0.39 is 4.92 Å². The molecular formula is C12H10Br2N4O3. The van der Waals surface area contributed by atoms with Crippen LogP contribution >= 0.6 is 31.9 Å². The molecule has 2 rings (SSSR count). The van der Waals surface area contributed by atoms with Gasteiger partial charge in [0.25, 0.3) is 0 Å². The van der Waals surface area contributed by atoms with Crippen LogP contribution in [0.4, 0.5) is 11.6 Å². The van der Waals surface area contributed by atoms with Gasteiger partial charge < -0.3 is 10.1 Å². The lowest BCUT2D eigenvalue weighted by Crippen LogP contribution is -2.05. The van der Waals surface area contributed by atoms with Crippen molar-refractivity contribution in [2.24, 2.45) is 0 Å². The first kappa shape index (κ1) is 15.6. The minimum absolute atomic E-state index is 0.111. The van der Waals surface area contributed by atoms with Crippen molar-refractivity contribution in [3.8, 4) is 11.6 Å². The SMILES string of the molecule is CNc1nc(C)c([N+](=O)[O-])c(Oc2ccc(Br)cc2Br)n1. The number of nitro groups is 1. The third-order valence-corrected chi connectivity index (χ3v) is 3.65. The molecule has 0 aliphatic rings. The maximum absolute atomic E-state index is 11.2. The van der Waals surface area contributed by atoms with E-state index >= 15 is 0 Å². The standard InChI is InChI=1S/C12H10Br2N4O3/c1-6-10(18(19)20)11(17-12(15-2)16-6)21-9-4-3-7(13)5-8(9)14/h3-5H,1-2H3,(H,15,16,17). The summed E-state index contributed by atoms with van der Waals surface area (Å²) in [5, 5.41) is 13.9. The molecule has 0 atom stereocenters. The first-order valence-electron chi connectivity index (χ1n) is 5.76.